The molecule has 1 aliphatic heterocycles. The van der Waals surface area contributed by atoms with Crippen LogP contribution in [0.1, 0.15) is 17.3 Å². The van der Waals surface area contributed by atoms with Crippen molar-refractivity contribution in [2.45, 2.75) is 6.92 Å². The minimum Gasteiger partial charge on any atom is -0.379 e. The molecule has 22 heavy (non-hydrogen) atoms. The van der Waals surface area contributed by atoms with E-state index in [1.165, 1.54) is 0 Å². The van der Waals surface area contributed by atoms with Crippen molar-refractivity contribution in [3.8, 4) is 0 Å². The first kappa shape index (κ1) is 16.8. The third kappa shape index (κ3) is 5.00. The van der Waals surface area contributed by atoms with E-state index in [0.717, 1.165) is 38.5 Å². The van der Waals surface area contributed by atoms with Crippen LogP contribution in [0, 0.1) is 5.92 Å². The Morgan fingerprint density at radius 2 is 2.09 bits per heavy atom. The highest BCUT2D eigenvalue weighted by atomic mass is 16.5. The molecule has 1 aromatic carbocycles. The fourth-order valence-corrected chi connectivity index (χ4v) is 2.58. The number of nitrogens with zero attached hydrogens (tertiary/aromatic N) is 2. The SMILES string of the molecule is CC(CNC(=O)c1cccc(N(C)C)c1)CN1CCOCC1. The molecule has 0 spiro atoms. The molecule has 0 aromatic heterocycles. The smallest absolute Gasteiger partial charge is 0.251 e. The second-order valence-corrected chi connectivity index (χ2v) is 6.17. The van der Waals surface area contributed by atoms with Gasteiger partial charge in [0.25, 0.3) is 5.91 Å². The van der Waals surface area contributed by atoms with Crippen LogP contribution >= 0.6 is 0 Å². The van der Waals surface area contributed by atoms with Crippen LogP contribution in [0.2, 0.25) is 0 Å². The number of anilines is 1. The first-order chi connectivity index (χ1) is 10.6. The molecule has 5 nitrogen and oxygen atoms in total. The predicted molar refractivity (Wildman–Crippen MR) is 89.5 cm³/mol. The Morgan fingerprint density at radius 3 is 2.77 bits per heavy atom. The second-order valence-electron chi connectivity index (χ2n) is 6.17. The molecule has 1 fully saturated rings. The third-order valence-electron chi connectivity index (χ3n) is 3.91. The van der Waals surface area contributed by atoms with Crippen molar-refractivity contribution in [1.82, 2.24) is 10.2 Å². The van der Waals surface area contributed by atoms with E-state index in [1.807, 2.05) is 43.3 Å². The molecule has 1 saturated heterocycles. The molecule has 0 aliphatic carbocycles. The highest BCUT2D eigenvalue weighted by Crippen LogP contribution is 2.13. The Kier molecular flexibility index (Phi) is 6.21. The predicted octanol–water partition coefficient (Wildman–Crippen LogP) is 1.45. The summed E-state index contributed by atoms with van der Waals surface area (Å²) < 4.78 is 5.35. The van der Waals surface area contributed by atoms with Crippen molar-refractivity contribution >= 4 is 11.6 Å². The minimum absolute atomic E-state index is 0.00229. The number of morpholine rings is 1. The molecule has 5 heteroatoms. The molecule has 0 saturated carbocycles. The Hall–Kier alpha value is -1.59. The topological polar surface area (TPSA) is 44.8 Å². The van der Waals surface area contributed by atoms with Gasteiger partial charge in [-0.3, -0.25) is 9.69 Å². The Morgan fingerprint density at radius 1 is 1.36 bits per heavy atom. The maximum Gasteiger partial charge on any atom is 0.251 e. The summed E-state index contributed by atoms with van der Waals surface area (Å²) in [5, 5.41) is 3.04. The summed E-state index contributed by atoms with van der Waals surface area (Å²) >= 11 is 0. The first-order valence-corrected chi connectivity index (χ1v) is 7.92. The summed E-state index contributed by atoms with van der Waals surface area (Å²) in [5.74, 6) is 0.427. The van der Waals surface area contributed by atoms with Gasteiger partial charge in [-0.2, -0.15) is 0 Å². The molecule has 122 valence electrons. The zero-order valence-corrected chi connectivity index (χ0v) is 13.8. The summed E-state index contributed by atoms with van der Waals surface area (Å²) in [5.41, 5.74) is 1.75. The zero-order chi connectivity index (χ0) is 15.9. The van der Waals surface area contributed by atoms with Gasteiger partial charge in [0.1, 0.15) is 0 Å². The highest BCUT2D eigenvalue weighted by molar-refractivity contribution is 5.95. The number of amides is 1. The summed E-state index contributed by atoms with van der Waals surface area (Å²) in [4.78, 5) is 16.6. The maximum absolute atomic E-state index is 12.3. The van der Waals surface area contributed by atoms with Crippen LogP contribution in [0.4, 0.5) is 5.69 Å². The lowest BCUT2D eigenvalue weighted by Gasteiger charge is -2.29. The summed E-state index contributed by atoms with van der Waals surface area (Å²) in [6, 6.07) is 7.69. The Labute approximate surface area is 133 Å². The molecule has 1 heterocycles. The summed E-state index contributed by atoms with van der Waals surface area (Å²) in [6.07, 6.45) is 0. The molecule has 1 aliphatic rings. The molecule has 1 aromatic rings. The van der Waals surface area contributed by atoms with Crippen LogP contribution < -0.4 is 10.2 Å². The Bertz CT molecular complexity index is 485. The normalized spacial score (nSPS) is 17.0. The monoisotopic (exact) mass is 305 g/mol. The van der Waals surface area contributed by atoms with Crippen molar-refractivity contribution in [3.05, 3.63) is 29.8 Å². The van der Waals surface area contributed by atoms with Crippen molar-refractivity contribution in [1.29, 1.82) is 0 Å². The molecule has 1 atom stereocenters. The van der Waals surface area contributed by atoms with Gasteiger partial charge in [-0.05, 0) is 24.1 Å². The van der Waals surface area contributed by atoms with Crippen LogP contribution in [0.25, 0.3) is 0 Å². The standard InChI is InChI=1S/C17H27N3O2/c1-14(13-20-7-9-22-10-8-20)12-18-17(21)15-5-4-6-16(11-15)19(2)3/h4-6,11,14H,7-10,12-13H2,1-3H3,(H,18,21). The van der Waals surface area contributed by atoms with Crippen LogP contribution in [-0.4, -0.2) is 64.3 Å². The molecular weight excluding hydrogens is 278 g/mol. The average Bonchev–Trinajstić information content (AvgIpc) is 2.53. The number of hydrogen-bond acceptors (Lipinski definition) is 4. The van der Waals surface area contributed by atoms with Crippen LogP contribution in [0.3, 0.4) is 0 Å². The van der Waals surface area contributed by atoms with Gasteiger partial charge < -0.3 is 15.0 Å². The van der Waals surface area contributed by atoms with Gasteiger partial charge in [0.05, 0.1) is 13.2 Å². The van der Waals surface area contributed by atoms with E-state index in [9.17, 15) is 4.79 Å². The van der Waals surface area contributed by atoms with E-state index in [0.29, 0.717) is 18.0 Å². The molecule has 2 rings (SSSR count). The molecule has 0 bridgehead atoms. The van der Waals surface area contributed by atoms with Crippen molar-refractivity contribution < 1.29 is 9.53 Å². The van der Waals surface area contributed by atoms with E-state index in [1.54, 1.807) is 0 Å². The lowest BCUT2D eigenvalue weighted by Crippen LogP contribution is -2.41. The molecular formula is C17H27N3O2. The first-order valence-electron chi connectivity index (χ1n) is 7.92. The van der Waals surface area contributed by atoms with Crippen LogP contribution in [0.5, 0.6) is 0 Å². The van der Waals surface area contributed by atoms with E-state index in [4.69, 9.17) is 4.74 Å². The molecule has 1 unspecified atom stereocenters. The lowest BCUT2D eigenvalue weighted by molar-refractivity contribution is 0.0317. The number of nitrogens with one attached hydrogen (secondary N) is 1. The molecule has 1 amide bonds. The number of rotatable bonds is 6. The van der Waals surface area contributed by atoms with E-state index >= 15 is 0 Å². The Balaban J connectivity index is 1.80. The van der Waals surface area contributed by atoms with Crippen molar-refractivity contribution in [2.75, 3.05) is 58.4 Å². The van der Waals surface area contributed by atoms with Crippen LogP contribution in [-0.2, 0) is 4.74 Å². The number of benzene rings is 1. The maximum atomic E-state index is 12.3. The number of ether oxygens (including phenoxy) is 1. The van der Waals surface area contributed by atoms with Gasteiger partial charge in [-0.25, -0.2) is 0 Å². The van der Waals surface area contributed by atoms with Gasteiger partial charge in [-0.15, -0.1) is 0 Å². The van der Waals surface area contributed by atoms with E-state index in [2.05, 4.69) is 17.1 Å². The van der Waals surface area contributed by atoms with E-state index in [-0.39, 0.29) is 5.91 Å². The fourth-order valence-electron chi connectivity index (χ4n) is 2.58. The molecule has 1 N–H and O–H groups in total. The van der Waals surface area contributed by atoms with Crippen molar-refractivity contribution in [3.63, 3.8) is 0 Å². The van der Waals surface area contributed by atoms with Gasteiger partial charge >= 0.3 is 0 Å². The summed E-state index contributed by atoms with van der Waals surface area (Å²) in [6.45, 7) is 7.48. The summed E-state index contributed by atoms with van der Waals surface area (Å²) in [7, 11) is 3.95. The van der Waals surface area contributed by atoms with Gasteiger partial charge in [0.2, 0.25) is 0 Å². The highest BCUT2D eigenvalue weighted by Gasteiger charge is 2.15. The number of hydrogen-bond donors (Lipinski definition) is 1. The van der Waals surface area contributed by atoms with Gasteiger partial charge in [0.15, 0.2) is 0 Å². The molecule has 0 radical (unpaired) electrons. The van der Waals surface area contributed by atoms with Crippen LogP contribution in [0.15, 0.2) is 24.3 Å². The fraction of sp³-hybridized carbons (Fsp3) is 0.588. The minimum atomic E-state index is -0.00229. The number of carbonyl (C=O) groups excluding carboxylic acids is 1. The van der Waals surface area contributed by atoms with E-state index < -0.39 is 0 Å². The van der Waals surface area contributed by atoms with Gasteiger partial charge in [-0.1, -0.05) is 13.0 Å². The average molecular weight is 305 g/mol. The zero-order valence-electron chi connectivity index (χ0n) is 13.8. The van der Waals surface area contributed by atoms with Crippen molar-refractivity contribution in [2.24, 2.45) is 5.92 Å². The second kappa shape index (κ2) is 8.15. The third-order valence-corrected chi connectivity index (χ3v) is 3.91. The quantitative estimate of drug-likeness (QED) is 0.864. The van der Waals surface area contributed by atoms with Gasteiger partial charge in [0, 0.05) is 51.5 Å². The number of carbonyl (C=O) groups is 1. The lowest BCUT2D eigenvalue weighted by atomic mass is 10.1. The largest absolute Gasteiger partial charge is 0.379 e.